The molecule has 6 heteroatoms. The summed E-state index contributed by atoms with van der Waals surface area (Å²) in [6.07, 6.45) is 3.40. The lowest BCUT2D eigenvalue weighted by Gasteiger charge is -2.32. The maximum Gasteiger partial charge on any atom is 0.374 e. The number of carbonyl (C=O) groups is 2. The summed E-state index contributed by atoms with van der Waals surface area (Å²) < 4.78 is 10.7. The molecular formula is C12H13NO5. The van der Waals surface area contributed by atoms with Crippen LogP contribution in [0.5, 0.6) is 5.75 Å². The van der Waals surface area contributed by atoms with Crippen LogP contribution in [0.15, 0.2) is 10.7 Å². The number of anilines is 1. The Morgan fingerprint density at radius 3 is 2.72 bits per heavy atom. The third-order valence-electron chi connectivity index (χ3n) is 3.37. The van der Waals surface area contributed by atoms with E-state index >= 15 is 0 Å². The molecule has 6 nitrogen and oxygen atoms in total. The minimum atomic E-state index is -1.20. The second-order valence-corrected chi connectivity index (χ2v) is 4.71. The average Bonchev–Trinajstić information content (AvgIpc) is 3.07. The Morgan fingerprint density at radius 1 is 1.44 bits per heavy atom. The molecule has 1 aromatic rings. The van der Waals surface area contributed by atoms with Crippen LogP contribution in [0.25, 0.3) is 0 Å². The lowest BCUT2D eigenvalue weighted by atomic mass is 10.1. The van der Waals surface area contributed by atoms with Crippen molar-refractivity contribution in [3.63, 3.8) is 0 Å². The summed E-state index contributed by atoms with van der Waals surface area (Å²) in [5, 5.41) is 9.03. The predicted molar refractivity (Wildman–Crippen MR) is 60.8 cm³/mol. The molecule has 1 amide bonds. The second-order valence-electron chi connectivity index (χ2n) is 4.71. The van der Waals surface area contributed by atoms with Crippen LogP contribution in [-0.4, -0.2) is 29.6 Å². The summed E-state index contributed by atoms with van der Waals surface area (Å²) in [5.74, 6) is -0.826. The van der Waals surface area contributed by atoms with Crippen molar-refractivity contribution in [3.8, 4) is 5.75 Å². The van der Waals surface area contributed by atoms with E-state index in [0.717, 1.165) is 12.8 Å². The van der Waals surface area contributed by atoms with Crippen molar-refractivity contribution in [2.45, 2.75) is 25.9 Å². The molecule has 0 saturated heterocycles. The fraction of sp³-hybridized carbons (Fsp3) is 0.500. The monoisotopic (exact) mass is 251 g/mol. The standard InChI is InChI=1S/C12H13NO5/c1-6(14)13-4-8(7-2-3-7)18-9-5-17-11(10(9)13)12(15)16/h5,7-8H,2-4H2,1H3,(H,15,16). The first-order chi connectivity index (χ1) is 8.58. The number of furan rings is 1. The molecule has 96 valence electrons. The first-order valence-electron chi connectivity index (χ1n) is 5.87. The van der Waals surface area contributed by atoms with Gasteiger partial charge in [0.25, 0.3) is 0 Å². The maximum atomic E-state index is 11.7. The minimum absolute atomic E-state index is 0.0550. The normalized spacial score (nSPS) is 22.3. The second kappa shape index (κ2) is 3.76. The molecule has 0 aromatic carbocycles. The highest BCUT2D eigenvalue weighted by Crippen LogP contribution is 2.44. The van der Waals surface area contributed by atoms with E-state index in [1.807, 2.05) is 0 Å². The van der Waals surface area contributed by atoms with E-state index in [1.54, 1.807) is 0 Å². The highest BCUT2D eigenvalue weighted by molar-refractivity contribution is 6.01. The van der Waals surface area contributed by atoms with E-state index in [0.29, 0.717) is 18.2 Å². The molecule has 2 aliphatic rings. The highest BCUT2D eigenvalue weighted by atomic mass is 16.5. The highest BCUT2D eigenvalue weighted by Gasteiger charge is 2.41. The van der Waals surface area contributed by atoms with Gasteiger partial charge < -0.3 is 19.2 Å². The summed E-state index contributed by atoms with van der Waals surface area (Å²) in [5.41, 5.74) is 0.243. The Kier molecular flexibility index (Phi) is 2.33. The van der Waals surface area contributed by atoms with Gasteiger partial charge in [-0.15, -0.1) is 0 Å². The van der Waals surface area contributed by atoms with Crippen LogP contribution in [0.2, 0.25) is 0 Å². The van der Waals surface area contributed by atoms with E-state index in [9.17, 15) is 9.59 Å². The van der Waals surface area contributed by atoms with Crippen molar-refractivity contribution >= 4 is 17.6 Å². The van der Waals surface area contributed by atoms with E-state index in [2.05, 4.69) is 0 Å². The number of hydrogen-bond donors (Lipinski definition) is 1. The Bertz CT molecular complexity index is 517. The molecule has 2 heterocycles. The molecule has 1 unspecified atom stereocenters. The molecule has 0 radical (unpaired) electrons. The third-order valence-corrected chi connectivity index (χ3v) is 3.37. The minimum Gasteiger partial charge on any atom is -0.483 e. The maximum absolute atomic E-state index is 11.7. The Labute approximate surface area is 103 Å². The van der Waals surface area contributed by atoms with E-state index in [4.69, 9.17) is 14.3 Å². The SMILES string of the molecule is CC(=O)N1CC(C2CC2)Oc2coc(C(=O)O)c21. The molecule has 0 spiro atoms. The van der Waals surface area contributed by atoms with Crippen molar-refractivity contribution in [2.24, 2.45) is 5.92 Å². The summed E-state index contributed by atoms with van der Waals surface area (Å²) >= 11 is 0. The molecule has 1 saturated carbocycles. The fourth-order valence-electron chi connectivity index (χ4n) is 2.30. The van der Waals surface area contributed by atoms with E-state index in [1.165, 1.54) is 18.1 Å². The summed E-state index contributed by atoms with van der Waals surface area (Å²) in [7, 11) is 0. The summed E-state index contributed by atoms with van der Waals surface area (Å²) in [6, 6.07) is 0. The van der Waals surface area contributed by atoms with Gasteiger partial charge in [0.15, 0.2) is 5.75 Å². The van der Waals surface area contributed by atoms with Gasteiger partial charge in [0.05, 0.1) is 6.54 Å². The molecule has 1 aromatic heterocycles. The van der Waals surface area contributed by atoms with Gasteiger partial charge in [0.2, 0.25) is 11.7 Å². The number of rotatable bonds is 2. The van der Waals surface area contributed by atoms with Crippen molar-refractivity contribution in [3.05, 3.63) is 12.0 Å². The summed E-state index contributed by atoms with van der Waals surface area (Å²) in [6.45, 7) is 1.81. The van der Waals surface area contributed by atoms with Crippen LogP contribution in [-0.2, 0) is 4.79 Å². The molecular weight excluding hydrogens is 238 g/mol. The first kappa shape index (κ1) is 11.1. The zero-order valence-electron chi connectivity index (χ0n) is 9.88. The van der Waals surface area contributed by atoms with Crippen LogP contribution >= 0.6 is 0 Å². The molecule has 0 bridgehead atoms. The summed E-state index contributed by atoms with van der Waals surface area (Å²) in [4.78, 5) is 24.1. The molecule has 18 heavy (non-hydrogen) atoms. The van der Waals surface area contributed by atoms with E-state index in [-0.39, 0.29) is 23.5 Å². The lowest BCUT2D eigenvalue weighted by Crippen LogP contribution is -2.43. The number of carbonyl (C=O) groups excluding carboxylic acids is 1. The van der Waals surface area contributed by atoms with Crippen LogP contribution in [0.3, 0.4) is 0 Å². The van der Waals surface area contributed by atoms with Gasteiger partial charge in [-0.25, -0.2) is 4.79 Å². The topological polar surface area (TPSA) is 80.0 Å². The first-order valence-corrected chi connectivity index (χ1v) is 5.87. The third kappa shape index (κ3) is 1.64. The van der Waals surface area contributed by atoms with Crippen molar-refractivity contribution in [2.75, 3.05) is 11.4 Å². The number of carboxylic acid groups (broad SMARTS) is 1. The Balaban J connectivity index is 2.01. The van der Waals surface area contributed by atoms with Gasteiger partial charge in [-0.2, -0.15) is 0 Å². The van der Waals surface area contributed by atoms with Crippen LogP contribution in [0, 0.1) is 5.92 Å². The average molecular weight is 251 g/mol. The quantitative estimate of drug-likeness (QED) is 0.861. The van der Waals surface area contributed by atoms with Gasteiger partial charge in [-0.05, 0) is 18.8 Å². The van der Waals surface area contributed by atoms with Crippen LogP contribution < -0.4 is 9.64 Å². The predicted octanol–water partition coefficient (Wildman–Crippen LogP) is 1.50. The fourth-order valence-corrected chi connectivity index (χ4v) is 2.30. The zero-order chi connectivity index (χ0) is 12.9. The number of aromatic carboxylic acids is 1. The van der Waals surface area contributed by atoms with Crippen molar-refractivity contribution in [1.82, 2.24) is 0 Å². The largest absolute Gasteiger partial charge is 0.483 e. The van der Waals surface area contributed by atoms with Crippen molar-refractivity contribution in [1.29, 1.82) is 0 Å². The molecule has 1 N–H and O–H groups in total. The van der Waals surface area contributed by atoms with Crippen molar-refractivity contribution < 1.29 is 23.8 Å². The molecule has 1 fully saturated rings. The van der Waals surface area contributed by atoms with Gasteiger partial charge >= 0.3 is 5.97 Å². The molecule has 3 rings (SSSR count). The molecule has 1 atom stereocenters. The van der Waals surface area contributed by atoms with Crippen LogP contribution in [0.1, 0.15) is 30.3 Å². The Morgan fingerprint density at radius 2 is 2.17 bits per heavy atom. The number of amides is 1. The zero-order valence-corrected chi connectivity index (χ0v) is 9.88. The molecule has 1 aliphatic heterocycles. The number of fused-ring (bicyclic) bond motifs is 1. The van der Waals surface area contributed by atoms with Gasteiger partial charge in [0, 0.05) is 6.92 Å². The lowest BCUT2D eigenvalue weighted by molar-refractivity contribution is -0.117. The Hall–Kier alpha value is -1.98. The van der Waals surface area contributed by atoms with Gasteiger partial charge in [-0.3, -0.25) is 4.79 Å². The number of carboxylic acids is 1. The number of ether oxygens (including phenoxy) is 1. The number of hydrogen-bond acceptors (Lipinski definition) is 4. The molecule has 1 aliphatic carbocycles. The van der Waals surface area contributed by atoms with Gasteiger partial charge in [0.1, 0.15) is 18.1 Å². The number of nitrogens with zero attached hydrogens (tertiary/aromatic N) is 1. The van der Waals surface area contributed by atoms with Crippen LogP contribution in [0.4, 0.5) is 5.69 Å². The smallest absolute Gasteiger partial charge is 0.374 e. The van der Waals surface area contributed by atoms with Gasteiger partial charge in [-0.1, -0.05) is 0 Å². The van der Waals surface area contributed by atoms with E-state index < -0.39 is 5.97 Å².